The predicted octanol–water partition coefficient (Wildman–Crippen LogP) is 1.68. The fraction of sp³-hybridized carbons (Fsp3) is 1.00. The van der Waals surface area contributed by atoms with Crippen LogP contribution in [0.4, 0.5) is 0 Å². The summed E-state index contributed by atoms with van der Waals surface area (Å²) in [6.45, 7) is 5.34. The third kappa shape index (κ3) is 4.52. The number of rotatable bonds is 6. The molecule has 0 saturated heterocycles. The van der Waals surface area contributed by atoms with Gasteiger partial charge in [0.2, 0.25) is 0 Å². The molecule has 3 nitrogen and oxygen atoms in total. The van der Waals surface area contributed by atoms with E-state index in [4.69, 9.17) is 10.5 Å². The highest BCUT2D eigenvalue weighted by atomic mass is 32.2. The van der Waals surface area contributed by atoms with Crippen molar-refractivity contribution in [3.63, 3.8) is 0 Å². The molecule has 1 saturated carbocycles. The lowest BCUT2D eigenvalue weighted by Gasteiger charge is -2.27. The summed E-state index contributed by atoms with van der Waals surface area (Å²) < 4.78 is 17.6. The predicted molar refractivity (Wildman–Crippen MR) is 68.9 cm³/mol. The van der Waals surface area contributed by atoms with Gasteiger partial charge in [0.05, 0.1) is 11.9 Å². The second-order valence-corrected chi connectivity index (χ2v) is 6.52. The topological polar surface area (TPSA) is 52.3 Å². The molecule has 0 amide bonds. The van der Waals surface area contributed by atoms with Gasteiger partial charge in [0.1, 0.15) is 0 Å². The Kier molecular flexibility index (Phi) is 6.54. The molecule has 0 aromatic heterocycles. The van der Waals surface area contributed by atoms with Crippen LogP contribution in [0.5, 0.6) is 0 Å². The Morgan fingerprint density at radius 2 is 2.25 bits per heavy atom. The lowest BCUT2D eigenvalue weighted by atomic mass is 9.91. The molecule has 2 N–H and O–H groups in total. The summed E-state index contributed by atoms with van der Waals surface area (Å²) in [5.41, 5.74) is 5.60. The third-order valence-corrected chi connectivity index (χ3v) is 5.15. The SMILES string of the molecule is CCOC(CN)CS(=O)C1CCCC(C)C1. The Bertz CT molecular complexity index is 223. The Balaban J connectivity index is 2.37. The standard InChI is InChI=1S/C12H25NO2S/c1-3-15-11(8-13)9-16(14)12-6-4-5-10(2)7-12/h10-12H,3-9,13H2,1-2H3. The van der Waals surface area contributed by atoms with E-state index in [1.54, 1.807) is 0 Å². The van der Waals surface area contributed by atoms with Crippen LogP contribution in [-0.2, 0) is 15.5 Å². The highest BCUT2D eigenvalue weighted by molar-refractivity contribution is 7.85. The van der Waals surface area contributed by atoms with Gasteiger partial charge in [-0.1, -0.05) is 19.8 Å². The maximum absolute atomic E-state index is 12.2. The van der Waals surface area contributed by atoms with Crippen molar-refractivity contribution in [1.82, 2.24) is 0 Å². The van der Waals surface area contributed by atoms with Crippen LogP contribution in [0.25, 0.3) is 0 Å². The zero-order chi connectivity index (χ0) is 12.0. The zero-order valence-electron chi connectivity index (χ0n) is 10.5. The van der Waals surface area contributed by atoms with E-state index in [0.717, 1.165) is 18.8 Å². The monoisotopic (exact) mass is 247 g/mol. The first-order chi connectivity index (χ1) is 7.67. The van der Waals surface area contributed by atoms with Crippen molar-refractivity contribution >= 4 is 10.8 Å². The average Bonchev–Trinajstić information content (AvgIpc) is 2.28. The van der Waals surface area contributed by atoms with Crippen LogP contribution in [0.15, 0.2) is 0 Å². The summed E-state index contributed by atoms with van der Waals surface area (Å²) in [6, 6.07) is 0. The van der Waals surface area contributed by atoms with Crippen molar-refractivity contribution < 1.29 is 8.95 Å². The van der Waals surface area contributed by atoms with Gasteiger partial charge >= 0.3 is 0 Å². The molecule has 16 heavy (non-hydrogen) atoms. The second-order valence-electron chi connectivity index (χ2n) is 4.75. The summed E-state index contributed by atoms with van der Waals surface area (Å²) in [4.78, 5) is 0. The normalized spacial score (nSPS) is 29.9. The molecule has 0 aromatic rings. The number of ether oxygens (including phenoxy) is 1. The van der Waals surface area contributed by atoms with Crippen molar-refractivity contribution in [1.29, 1.82) is 0 Å². The van der Waals surface area contributed by atoms with Crippen LogP contribution < -0.4 is 5.73 Å². The molecule has 96 valence electrons. The van der Waals surface area contributed by atoms with Gasteiger partial charge in [-0.25, -0.2) is 0 Å². The Morgan fingerprint density at radius 3 is 2.81 bits per heavy atom. The summed E-state index contributed by atoms with van der Waals surface area (Å²) >= 11 is 0. The second kappa shape index (κ2) is 7.41. The molecule has 0 aliphatic heterocycles. The first-order valence-electron chi connectivity index (χ1n) is 6.36. The molecule has 0 radical (unpaired) electrons. The molecule has 0 aromatic carbocycles. The van der Waals surface area contributed by atoms with E-state index in [9.17, 15) is 4.21 Å². The summed E-state index contributed by atoms with van der Waals surface area (Å²) in [7, 11) is -0.764. The first kappa shape index (κ1) is 14.1. The summed E-state index contributed by atoms with van der Waals surface area (Å²) in [6.07, 6.45) is 4.71. The van der Waals surface area contributed by atoms with Crippen molar-refractivity contribution in [2.24, 2.45) is 11.7 Å². The van der Waals surface area contributed by atoms with Gasteiger partial charge in [-0.2, -0.15) is 0 Å². The minimum atomic E-state index is -0.764. The number of nitrogens with two attached hydrogens (primary N) is 1. The van der Waals surface area contributed by atoms with E-state index in [2.05, 4.69) is 6.92 Å². The van der Waals surface area contributed by atoms with Gasteiger partial charge < -0.3 is 10.5 Å². The fourth-order valence-electron chi connectivity index (χ4n) is 2.36. The van der Waals surface area contributed by atoms with E-state index >= 15 is 0 Å². The van der Waals surface area contributed by atoms with Crippen molar-refractivity contribution in [3.05, 3.63) is 0 Å². The van der Waals surface area contributed by atoms with E-state index < -0.39 is 10.8 Å². The van der Waals surface area contributed by atoms with Crippen molar-refractivity contribution in [2.75, 3.05) is 18.9 Å². The number of hydrogen-bond donors (Lipinski definition) is 1. The first-order valence-corrected chi connectivity index (χ1v) is 7.74. The molecule has 1 aliphatic carbocycles. The molecule has 4 unspecified atom stereocenters. The largest absolute Gasteiger partial charge is 0.376 e. The quantitative estimate of drug-likeness (QED) is 0.777. The highest BCUT2D eigenvalue weighted by Crippen LogP contribution is 2.27. The zero-order valence-corrected chi connectivity index (χ0v) is 11.3. The number of hydrogen-bond acceptors (Lipinski definition) is 3. The van der Waals surface area contributed by atoms with Crippen molar-refractivity contribution in [3.8, 4) is 0 Å². The highest BCUT2D eigenvalue weighted by Gasteiger charge is 2.25. The molecule has 1 aliphatic rings. The Labute approximate surface area is 102 Å². The van der Waals surface area contributed by atoms with Crippen LogP contribution in [0.3, 0.4) is 0 Å². The minimum absolute atomic E-state index is 0.0249. The average molecular weight is 247 g/mol. The smallest absolute Gasteiger partial charge is 0.0812 e. The molecule has 4 atom stereocenters. The van der Waals surface area contributed by atoms with Gasteiger partial charge in [-0.05, 0) is 25.7 Å². The van der Waals surface area contributed by atoms with Crippen LogP contribution >= 0.6 is 0 Å². The van der Waals surface area contributed by atoms with E-state index in [0.29, 0.717) is 24.2 Å². The van der Waals surface area contributed by atoms with E-state index in [-0.39, 0.29) is 6.10 Å². The van der Waals surface area contributed by atoms with Crippen LogP contribution in [0.2, 0.25) is 0 Å². The minimum Gasteiger partial charge on any atom is -0.376 e. The molecular weight excluding hydrogens is 222 g/mol. The molecule has 0 bridgehead atoms. The molecule has 0 heterocycles. The van der Waals surface area contributed by atoms with Crippen LogP contribution in [-0.4, -0.2) is 34.5 Å². The van der Waals surface area contributed by atoms with Gasteiger partial charge in [0.25, 0.3) is 0 Å². The van der Waals surface area contributed by atoms with Crippen LogP contribution in [0, 0.1) is 5.92 Å². The van der Waals surface area contributed by atoms with Gasteiger partial charge in [0, 0.05) is 29.2 Å². The van der Waals surface area contributed by atoms with Gasteiger partial charge in [0.15, 0.2) is 0 Å². The third-order valence-electron chi connectivity index (χ3n) is 3.28. The lowest BCUT2D eigenvalue weighted by molar-refractivity contribution is 0.0850. The van der Waals surface area contributed by atoms with Gasteiger partial charge in [-0.15, -0.1) is 0 Å². The maximum atomic E-state index is 12.2. The molecule has 1 fully saturated rings. The Morgan fingerprint density at radius 1 is 1.50 bits per heavy atom. The molecule has 4 heteroatoms. The van der Waals surface area contributed by atoms with Gasteiger partial charge in [-0.3, -0.25) is 4.21 Å². The van der Waals surface area contributed by atoms with E-state index in [1.165, 1.54) is 12.8 Å². The summed E-state index contributed by atoms with van der Waals surface area (Å²) in [5, 5.41) is 0.373. The molecule has 1 rings (SSSR count). The van der Waals surface area contributed by atoms with Crippen LogP contribution in [0.1, 0.15) is 39.5 Å². The Hall–Kier alpha value is 0.0700. The lowest BCUT2D eigenvalue weighted by Crippen LogP contribution is -2.34. The summed E-state index contributed by atoms with van der Waals surface area (Å²) in [5.74, 6) is 1.34. The maximum Gasteiger partial charge on any atom is 0.0812 e. The van der Waals surface area contributed by atoms with Crippen molar-refractivity contribution in [2.45, 2.75) is 50.9 Å². The molecule has 0 spiro atoms. The molecular formula is C12H25NO2S. The van der Waals surface area contributed by atoms with E-state index in [1.807, 2.05) is 6.92 Å². The fourth-order valence-corrected chi connectivity index (χ4v) is 4.20.